The van der Waals surface area contributed by atoms with E-state index in [1.165, 1.54) is 36.8 Å². The van der Waals surface area contributed by atoms with Crippen LogP contribution in [-0.4, -0.2) is 24.7 Å². The molecule has 0 aliphatic carbocycles. The van der Waals surface area contributed by atoms with Crippen molar-refractivity contribution in [2.24, 2.45) is 0 Å². The molecule has 0 spiro atoms. The van der Waals surface area contributed by atoms with Gasteiger partial charge in [0.15, 0.2) is 11.5 Å². The number of aryl methyl sites for hydroxylation is 1. The summed E-state index contributed by atoms with van der Waals surface area (Å²) < 4.78 is 11.4. The Labute approximate surface area is 161 Å². The number of hydrogen-bond donors (Lipinski definition) is 0. The van der Waals surface area contributed by atoms with Gasteiger partial charge in [0.05, 0.1) is 13.2 Å². The third-order valence-electron chi connectivity index (χ3n) is 5.04. The molecule has 1 aromatic carbocycles. The van der Waals surface area contributed by atoms with Gasteiger partial charge in [-0.3, -0.25) is 4.90 Å². The third-order valence-corrected chi connectivity index (χ3v) is 6.16. The highest BCUT2D eigenvalue weighted by molar-refractivity contribution is 7.10. The summed E-state index contributed by atoms with van der Waals surface area (Å²) in [7, 11) is 1.72. The lowest BCUT2D eigenvalue weighted by molar-refractivity contribution is 0.194. The Morgan fingerprint density at radius 3 is 2.69 bits per heavy atom. The zero-order valence-corrected chi connectivity index (χ0v) is 17.3. The fourth-order valence-corrected chi connectivity index (χ4v) is 4.87. The molecule has 0 N–H and O–H groups in total. The summed E-state index contributed by atoms with van der Waals surface area (Å²) in [5, 5.41) is 2.23. The van der Waals surface area contributed by atoms with E-state index in [0.717, 1.165) is 24.6 Å². The van der Waals surface area contributed by atoms with Crippen LogP contribution in [0.2, 0.25) is 0 Å². The fraction of sp³-hybridized carbons (Fsp3) is 0.545. The van der Waals surface area contributed by atoms with Crippen molar-refractivity contribution in [1.82, 2.24) is 4.90 Å². The van der Waals surface area contributed by atoms with Crippen LogP contribution >= 0.6 is 11.3 Å². The predicted molar refractivity (Wildman–Crippen MR) is 109 cm³/mol. The van der Waals surface area contributed by atoms with Crippen LogP contribution in [0.5, 0.6) is 11.5 Å². The average Bonchev–Trinajstić information content (AvgIpc) is 2.90. The molecule has 1 fully saturated rings. The number of benzene rings is 1. The van der Waals surface area contributed by atoms with Crippen LogP contribution in [0.3, 0.4) is 0 Å². The summed E-state index contributed by atoms with van der Waals surface area (Å²) in [5.41, 5.74) is 2.73. The number of nitrogens with zero attached hydrogens (tertiary/aromatic N) is 1. The first kappa shape index (κ1) is 19.2. The van der Waals surface area contributed by atoms with Gasteiger partial charge < -0.3 is 9.47 Å². The van der Waals surface area contributed by atoms with E-state index < -0.39 is 0 Å². The second kappa shape index (κ2) is 8.92. The van der Waals surface area contributed by atoms with Gasteiger partial charge >= 0.3 is 0 Å². The number of ether oxygens (including phenoxy) is 2. The van der Waals surface area contributed by atoms with Crippen molar-refractivity contribution < 1.29 is 9.47 Å². The Morgan fingerprint density at radius 1 is 1.15 bits per heavy atom. The Hall–Kier alpha value is -1.52. The van der Waals surface area contributed by atoms with E-state index in [2.05, 4.69) is 41.5 Å². The first-order valence-corrected chi connectivity index (χ1v) is 10.6. The highest BCUT2D eigenvalue weighted by Crippen LogP contribution is 2.37. The average molecular weight is 374 g/mol. The molecule has 1 saturated heterocycles. The second-order valence-electron chi connectivity index (χ2n) is 7.46. The summed E-state index contributed by atoms with van der Waals surface area (Å²) in [4.78, 5) is 4.20. The standard InChI is InChI=1S/C22H31NO2S/c1-16(2)25-20-10-9-18(14-21(20)24-4)15-23-12-7-5-6-8-19(23)22-17(3)11-13-26-22/h9-11,13-14,16,19H,5-8,12,15H2,1-4H3/t19-/m1/s1. The van der Waals surface area contributed by atoms with Crippen LogP contribution in [0.1, 0.15) is 61.6 Å². The van der Waals surface area contributed by atoms with Gasteiger partial charge in [-0.15, -0.1) is 11.3 Å². The molecule has 1 aliphatic rings. The lowest BCUT2D eigenvalue weighted by Gasteiger charge is -2.30. The zero-order valence-electron chi connectivity index (χ0n) is 16.5. The summed E-state index contributed by atoms with van der Waals surface area (Å²) in [6, 6.07) is 9.17. The van der Waals surface area contributed by atoms with E-state index in [1.807, 2.05) is 25.2 Å². The molecule has 142 valence electrons. The van der Waals surface area contributed by atoms with Gasteiger partial charge in [0.1, 0.15) is 0 Å². The summed E-state index contributed by atoms with van der Waals surface area (Å²) in [5.74, 6) is 1.66. The minimum Gasteiger partial charge on any atom is -0.493 e. The van der Waals surface area contributed by atoms with Crippen LogP contribution in [0.4, 0.5) is 0 Å². The number of thiophene rings is 1. The van der Waals surface area contributed by atoms with Crippen molar-refractivity contribution in [3.8, 4) is 11.5 Å². The minimum atomic E-state index is 0.145. The molecule has 1 aromatic heterocycles. The maximum absolute atomic E-state index is 5.86. The van der Waals surface area contributed by atoms with Crippen LogP contribution in [0.15, 0.2) is 29.6 Å². The van der Waals surface area contributed by atoms with E-state index in [1.54, 1.807) is 12.0 Å². The lowest BCUT2D eigenvalue weighted by Crippen LogP contribution is -2.28. The fourth-order valence-electron chi connectivity index (χ4n) is 3.78. The van der Waals surface area contributed by atoms with Crippen LogP contribution in [-0.2, 0) is 6.54 Å². The summed E-state index contributed by atoms with van der Waals surface area (Å²) in [6.07, 6.45) is 5.34. The first-order valence-electron chi connectivity index (χ1n) is 9.70. The molecule has 2 heterocycles. The molecular weight excluding hydrogens is 342 g/mol. The Kier molecular flexibility index (Phi) is 6.60. The van der Waals surface area contributed by atoms with Crippen molar-refractivity contribution in [2.75, 3.05) is 13.7 Å². The molecule has 0 radical (unpaired) electrons. The quantitative estimate of drug-likeness (QED) is 0.622. The number of hydrogen-bond acceptors (Lipinski definition) is 4. The van der Waals surface area contributed by atoms with Crippen LogP contribution < -0.4 is 9.47 Å². The first-order chi connectivity index (χ1) is 12.6. The van der Waals surface area contributed by atoms with Gasteiger partial charge in [0, 0.05) is 17.5 Å². The molecule has 1 aliphatic heterocycles. The van der Waals surface area contributed by atoms with E-state index >= 15 is 0 Å². The highest BCUT2D eigenvalue weighted by atomic mass is 32.1. The van der Waals surface area contributed by atoms with E-state index in [4.69, 9.17) is 9.47 Å². The molecule has 3 nitrogen and oxygen atoms in total. The van der Waals surface area contributed by atoms with Crippen molar-refractivity contribution >= 4 is 11.3 Å². The molecule has 0 amide bonds. The van der Waals surface area contributed by atoms with Crippen LogP contribution in [0, 0.1) is 6.92 Å². The van der Waals surface area contributed by atoms with Gasteiger partial charge in [-0.2, -0.15) is 0 Å². The zero-order chi connectivity index (χ0) is 18.5. The molecule has 0 unspecified atom stereocenters. The number of likely N-dealkylation sites (tertiary alicyclic amines) is 1. The minimum absolute atomic E-state index is 0.145. The van der Waals surface area contributed by atoms with Gasteiger partial charge in [-0.1, -0.05) is 18.9 Å². The molecule has 4 heteroatoms. The van der Waals surface area contributed by atoms with Crippen molar-refractivity contribution in [1.29, 1.82) is 0 Å². The molecule has 0 bridgehead atoms. The Morgan fingerprint density at radius 2 is 2.00 bits per heavy atom. The van der Waals surface area contributed by atoms with Gasteiger partial charge in [-0.05, 0) is 74.9 Å². The Balaban J connectivity index is 1.81. The van der Waals surface area contributed by atoms with Gasteiger partial charge in [0.2, 0.25) is 0 Å². The lowest BCUT2D eigenvalue weighted by atomic mass is 10.0. The normalized spacial score (nSPS) is 18.7. The van der Waals surface area contributed by atoms with E-state index in [0.29, 0.717) is 6.04 Å². The van der Waals surface area contributed by atoms with Gasteiger partial charge in [-0.25, -0.2) is 0 Å². The maximum Gasteiger partial charge on any atom is 0.161 e. The molecule has 0 saturated carbocycles. The van der Waals surface area contributed by atoms with Gasteiger partial charge in [0.25, 0.3) is 0 Å². The maximum atomic E-state index is 5.86. The molecule has 26 heavy (non-hydrogen) atoms. The van der Waals surface area contributed by atoms with Crippen molar-refractivity contribution in [3.63, 3.8) is 0 Å². The van der Waals surface area contributed by atoms with E-state index in [9.17, 15) is 0 Å². The molecule has 1 atom stereocenters. The largest absolute Gasteiger partial charge is 0.493 e. The number of methoxy groups -OCH3 is 1. The predicted octanol–water partition coefficient (Wildman–Crippen LogP) is 5.97. The smallest absolute Gasteiger partial charge is 0.161 e. The summed E-state index contributed by atoms with van der Waals surface area (Å²) in [6.45, 7) is 8.45. The summed E-state index contributed by atoms with van der Waals surface area (Å²) >= 11 is 1.91. The van der Waals surface area contributed by atoms with Crippen molar-refractivity contribution in [2.45, 2.75) is 65.1 Å². The monoisotopic (exact) mass is 373 g/mol. The van der Waals surface area contributed by atoms with Crippen molar-refractivity contribution in [3.05, 3.63) is 45.6 Å². The number of rotatable bonds is 6. The molecule has 3 rings (SSSR count). The SMILES string of the molecule is COc1cc(CN2CCCCC[C@@H]2c2sccc2C)ccc1OC(C)C. The Bertz CT molecular complexity index is 710. The van der Waals surface area contributed by atoms with E-state index in [-0.39, 0.29) is 6.10 Å². The topological polar surface area (TPSA) is 21.7 Å². The van der Waals surface area contributed by atoms with Crippen LogP contribution in [0.25, 0.3) is 0 Å². The second-order valence-corrected chi connectivity index (χ2v) is 8.40. The third kappa shape index (κ3) is 4.60. The highest BCUT2D eigenvalue weighted by Gasteiger charge is 2.25. The molecular formula is C22H31NO2S. The molecule has 2 aromatic rings.